The van der Waals surface area contributed by atoms with Crippen LogP contribution in [-0.2, 0) is 0 Å². The molecule has 0 saturated carbocycles. The van der Waals surface area contributed by atoms with Crippen LogP contribution in [0.4, 0.5) is 5.69 Å². The van der Waals surface area contributed by atoms with Crippen molar-refractivity contribution in [2.45, 2.75) is 0 Å². The highest BCUT2D eigenvalue weighted by molar-refractivity contribution is 5.85. The maximum Gasteiger partial charge on any atom is 0.276 e. The second kappa shape index (κ2) is 7.92. The lowest BCUT2D eigenvalue weighted by Crippen LogP contribution is -2.22. The summed E-state index contributed by atoms with van der Waals surface area (Å²) in [7, 11) is 0. The predicted molar refractivity (Wildman–Crippen MR) is 127 cm³/mol. The van der Waals surface area contributed by atoms with Gasteiger partial charge in [0.25, 0.3) is 11.2 Å². The van der Waals surface area contributed by atoms with Crippen molar-refractivity contribution in [2.24, 2.45) is 0 Å². The van der Waals surface area contributed by atoms with E-state index in [2.05, 4.69) is 4.98 Å². The van der Waals surface area contributed by atoms with Gasteiger partial charge in [0.15, 0.2) is 0 Å². The summed E-state index contributed by atoms with van der Waals surface area (Å²) in [5.74, 6) is 0.391. The first kappa shape index (κ1) is 19.4. The van der Waals surface area contributed by atoms with Gasteiger partial charge in [0.1, 0.15) is 5.82 Å². The fourth-order valence-corrected chi connectivity index (χ4v) is 3.79. The second-order valence-corrected chi connectivity index (χ2v) is 7.31. The minimum absolute atomic E-state index is 0.0101. The largest absolute Gasteiger partial charge is 0.276 e. The number of hydrogen-bond acceptors (Lipinski definition) is 4. The van der Waals surface area contributed by atoms with Crippen molar-refractivity contribution in [1.29, 1.82) is 0 Å². The Bertz CT molecular complexity index is 1590. The third kappa shape index (κ3) is 3.44. The van der Waals surface area contributed by atoms with E-state index >= 15 is 0 Å². The normalized spacial score (nSPS) is 11.4. The first-order valence-corrected chi connectivity index (χ1v) is 10.0. The van der Waals surface area contributed by atoms with Crippen molar-refractivity contribution >= 4 is 39.5 Å². The number of rotatable bonds is 4. The Morgan fingerprint density at radius 3 is 2.38 bits per heavy atom. The minimum Gasteiger partial charge on any atom is -0.268 e. The molecule has 0 aliphatic rings. The zero-order chi connectivity index (χ0) is 22.1. The van der Waals surface area contributed by atoms with Crippen molar-refractivity contribution in [3.8, 4) is 5.69 Å². The van der Waals surface area contributed by atoms with E-state index in [0.29, 0.717) is 28.0 Å². The molecule has 0 spiro atoms. The average Bonchev–Trinajstić information content (AvgIpc) is 2.82. The first-order valence-electron chi connectivity index (χ1n) is 10.0. The maximum atomic E-state index is 13.5. The molecular weight excluding hydrogens is 402 g/mol. The fraction of sp³-hybridized carbons (Fsp3) is 0. The topological polar surface area (TPSA) is 78.0 Å². The molecule has 0 saturated heterocycles. The number of hydrogen-bond donors (Lipinski definition) is 0. The third-order valence-electron chi connectivity index (χ3n) is 5.34. The van der Waals surface area contributed by atoms with Gasteiger partial charge in [0.2, 0.25) is 0 Å². The molecule has 0 aliphatic heterocycles. The Kier molecular flexibility index (Phi) is 4.80. The highest BCUT2D eigenvalue weighted by Crippen LogP contribution is 2.23. The van der Waals surface area contributed by atoms with Crippen LogP contribution in [0.2, 0.25) is 0 Å². The van der Waals surface area contributed by atoms with E-state index in [1.807, 2.05) is 48.5 Å². The quantitative estimate of drug-likeness (QED) is 0.280. The molecule has 4 aromatic carbocycles. The lowest BCUT2D eigenvalue weighted by molar-refractivity contribution is -0.385. The van der Waals surface area contributed by atoms with E-state index in [9.17, 15) is 14.9 Å². The highest BCUT2D eigenvalue weighted by Gasteiger charge is 2.13. The summed E-state index contributed by atoms with van der Waals surface area (Å²) in [4.78, 5) is 29.1. The molecule has 0 amide bonds. The van der Waals surface area contributed by atoms with E-state index in [1.165, 1.54) is 6.07 Å². The Labute approximate surface area is 182 Å². The first-order chi connectivity index (χ1) is 15.6. The number of nitro groups is 1. The molecule has 32 heavy (non-hydrogen) atoms. The second-order valence-electron chi connectivity index (χ2n) is 7.31. The smallest absolute Gasteiger partial charge is 0.268 e. The molecule has 154 valence electrons. The van der Waals surface area contributed by atoms with Crippen LogP contribution in [0.1, 0.15) is 11.4 Å². The van der Waals surface area contributed by atoms with Gasteiger partial charge in [-0.05, 0) is 53.3 Å². The molecule has 1 heterocycles. The SMILES string of the molecule is O=c1c2ccccc2nc(C=Cc2ccccc2[N+](=O)[O-])n1-c1ccc2ccccc2c1. The van der Waals surface area contributed by atoms with Gasteiger partial charge in [-0.25, -0.2) is 4.98 Å². The van der Waals surface area contributed by atoms with Gasteiger partial charge >= 0.3 is 0 Å². The molecule has 0 atom stereocenters. The van der Waals surface area contributed by atoms with Gasteiger partial charge in [-0.3, -0.25) is 19.5 Å². The van der Waals surface area contributed by atoms with Gasteiger partial charge in [-0.1, -0.05) is 54.6 Å². The summed E-state index contributed by atoms with van der Waals surface area (Å²) in [5, 5.41) is 13.9. The summed E-state index contributed by atoms with van der Waals surface area (Å²) >= 11 is 0. The van der Waals surface area contributed by atoms with Crippen LogP contribution in [0.25, 0.3) is 39.5 Å². The minimum atomic E-state index is -0.427. The Hall–Kier alpha value is -4.58. The predicted octanol–water partition coefficient (Wildman–Crippen LogP) is 5.62. The van der Waals surface area contributed by atoms with Gasteiger partial charge in [0.05, 0.1) is 27.1 Å². The molecule has 0 radical (unpaired) electrons. The molecule has 0 fully saturated rings. The van der Waals surface area contributed by atoms with Crippen LogP contribution < -0.4 is 5.56 Å². The number of aromatic nitrogens is 2. The number of nitrogens with zero attached hydrogens (tertiary/aromatic N) is 3. The lowest BCUT2D eigenvalue weighted by Gasteiger charge is -2.12. The molecule has 6 nitrogen and oxygen atoms in total. The van der Waals surface area contributed by atoms with E-state index in [-0.39, 0.29) is 11.2 Å². The molecule has 6 heteroatoms. The van der Waals surface area contributed by atoms with E-state index in [4.69, 9.17) is 0 Å². The molecule has 5 aromatic rings. The van der Waals surface area contributed by atoms with Crippen LogP contribution in [0, 0.1) is 10.1 Å². The van der Waals surface area contributed by atoms with Crippen LogP contribution >= 0.6 is 0 Å². The van der Waals surface area contributed by atoms with Crippen LogP contribution in [0.5, 0.6) is 0 Å². The van der Waals surface area contributed by atoms with Crippen LogP contribution in [-0.4, -0.2) is 14.5 Å². The summed E-state index contributed by atoms with van der Waals surface area (Å²) in [6, 6.07) is 27.3. The monoisotopic (exact) mass is 419 g/mol. The van der Waals surface area contributed by atoms with Gasteiger partial charge in [-0.2, -0.15) is 0 Å². The Morgan fingerprint density at radius 1 is 0.812 bits per heavy atom. The van der Waals surface area contributed by atoms with Gasteiger partial charge in [0, 0.05) is 6.07 Å². The van der Waals surface area contributed by atoms with Crippen molar-refractivity contribution in [3.63, 3.8) is 0 Å². The number of para-hydroxylation sites is 2. The zero-order valence-corrected chi connectivity index (χ0v) is 16.9. The van der Waals surface area contributed by atoms with E-state index in [1.54, 1.807) is 53.1 Å². The molecule has 5 rings (SSSR count). The molecule has 0 bridgehead atoms. The fourth-order valence-electron chi connectivity index (χ4n) is 3.79. The number of benzene rings is 4. The Morgan fingerprint density at radius 2 is 1.53 bits per heavy atom. The molecule has 1 aromatic heterocycles. The average molecular weight is 419 g/mol. The van der Waals surface area contributed by atoms with Crippen molar-refractivity contribution < 1.29 is 4.92 Å². The zero-order valence-electron chi connectivity index (χ0n) is 16.9. The number of nitro benzene ring substituents is 1. The van der Waals surface area contributed by atoms with Crippen molar-refractivity contribution in [1.82, 2.24) is 9.55 Å². The summed E-state index contributed by atoms with van der Waals surface area (Å²) in [6.45, 7) is 0. The van der Waals surface area contributed by atoms with E-state index in [0.717, 1.165) is 10.8 Å². The van der Waals surface area contributed by atoms with Crippen LogP contribution in [0.3, 0.4) is 0 Å². The summed E-state index contributed by atoms with van der Waals surface area (Å²) < 4.78 is 1.54. The maximum absolute atomic E-state index is 13.5. The van der Waals surface area contributed by atoms with Crippen LogP contribution in [0.15, 0.2) is 95.8 Å². The van der Waals surface area contributed by atoms with Crippen molar-refractivity contribution in [2.75, 3.05) is 0 Å². The standard InChI is InChI=1S/C26H17N3O3/c30-26-22-10-4-5-11-23(22)27-25(16-14-19-8-3-6-12-24(19)29(31)32)28(26)21-15-13-18-7-1-2-9-20(18)17-21/h1-17H. The molecule has 0 aliphatic carbocycles. The third-order valence-corrected chi connectivity index (χ3v) is 5.34. The Balaban J connectivity index is 1.75. The molecule has 0 N–H and O–H groups in total. The molecular formula is C26H17N3O3. The molecule has 0 unspecified atom stereocenters. The summed E-state index contributed by atoms with van der Waals surface area (Å²) in [5.41, 5.74) is 1.47. The number of fused-ring (bicyclic) bond motifs is 2. The van der Waals surface area contributed by atoms with E-state index < -0.39 is 4.92 Å². The lowest BCUT2D eigenvalue weighted by atomic mass is 10.1. The van der Waals surface area contributed by atoms with Crippen molar-refractivity contribution in [3.05, 3.63) is 123 Å². The summed E-state index contributed by atoms with van der Waals surface area (Å²) in [6.07, 6.45) is 3.26. The van der Waals surface area contributed by atoms with Gasteiger partial charge in [-0.15, -0.1) is 0 Å². The van der Waals surface area contributed by atoms with Gasteiger partial charge < -0.3 is 0 Å². The highest BCUT2D eigenvalue weighted by atomic mass is 16.6.